The monoisotopic (exact) mass is 327 g/mol. The van der Waals surface area contributed by atoms with Gasteiger partial charge in [-0.3, -0.25) is 14.6 Å². The van der Waals surface area contributed by atoms with E-state index in [0.717, 1.165) is 5.69 Å². The lowest BCUT2D eigenvalue weighted by Gasteiger charge is -2.00. The molecular weight excluding hydrogens is 314 g/mol. The van der Waals surface area contributed by atoms with Crippen molar-refractivity contribution in [1.82, 2.24) is 15.0 Å². The molecule has 0 fully saturated rings. The van der Waals surface area contributed by atoms with Crippen LogP contribution in [0.2, 0.25) is 0 Å². The van der Waals surface area contributed by atoms with E-state index in [1.54, 1.807) is 35.3 Å². The Kier molecular flexibility index (Phi) is 5.48. The van der Waals surface area contributed by atoms with E-state index in [-0.39, 0.29) is 5.69 Å². The third-order valence-electron chi connectivity index (χ3n) is 2.61. The average molecular weight is 327 g/mol. The summed E-state index contributed by atoms with van der Waals surface area (Å²) in [5, 5.41) is 1.61. The molecule has 7 nitrogen and oxygen atoms in total. The smallest absolute Gasteiger partial charge is 0.268 e. The van der Waals surface area contributed by atoms with Crippen molar-refractivity contribution in [3.05, 3.63) is 64.9 Å². The number of amides is 2. The predicted octanol–water partition coefficient (Wildman–Crippen LogP) is 1.48. The molecule has 8 heteroatoms. The molecule has 0 aromatic carbocycles. The number of carbonyl (C=O) groups excluding carboxylic acids is 2. The van der Waals surface area contributed by atoms with Gasteiger partial charge in [0.1, 0.15) is 11.4 Å². The number of carbonyl (C=O) groups is 2. The summed E-state index contributed by atoms with van der Waals surface area (Å²) in [4.78, 5) is 33.1. The van der Waals surface area contributed by atoms with Gasteiger partial charge in [-0.05, 0) is 24.3 Å². The van der Waals surface area contributed by atoms with Crippen molar-refractivity contribution in [3.63, 3.8) is 0 Å². The third-order valence-corrected chi connectivity index (χ3v) is 3.20. The lowest BCUT2D eigenvalue weighted by atomic mass is 10.2. The Bertz CT molecular complexity index is 791. The Balaban J connectivity index is 0.000000203. The maximum absolute atomic E-state index is 10.9. The lowest BCUT2D eigenvalue weighted by Crippen LogP contribution is -2.13. The molecule has 23 heavy (non-hydrogen) atoms. The molecule has 0 saturated heterocycles. The summed E-state index contributed by atoms with van der Waals surface area (Å²) in [7, 11) is 0. The van der Waals surface area contributed by atoms with Gasteiger partial charge >= 0.3 is 0 Å². The molecule has 2 amide bonds. The Labute approximate surface area is 136 Å². The number of primary amides is 2. The highest BCUT2D eigenvalue weighted by atomic mass is 32.1. The SMILES string of the molecule is NC(=O)c1cccc(-c2ccccn2)n1.NC(=O)c1cscn1. The van der Waals surface area contributed by atoms with Gasteiger partial charge < -0.3 is 11.5 Å². The van der Waals surface area contributed by atoms with Crippen LogP contribution >= 0.6 is 11.3 Å². The van der Waals surface area contributed by atoms with E-state index in [1.807, 2.05) is 18.2 Å². The first-order valence-corrected chi connectivity index (χ1v) is 7.38. The van der Waals surface area contributed by atoms with Gasteiger partial charge in [-0.2, -0.15) is 0 Å². The quantitative estimate of drug-likeness (QED) is 0.754. The molecule has 0 atom stereocenters. The zero-order valence-corrected chi connectivity index (χ0v) is 12.7. The third kappa shape index (κ3) is 4.68. The van der Waals surface area contributed by atoms with Gasteiger partial charge in [0, 0.05) is 11.6 Å². The molecule has 3 aromatic rings. The highest BCUT2D eigenvalue weighted by Gasteiger charge is 2.04. The van der Waals surface area contributed by atoms with Crippen LogP contribution in [0.25, 0.3) is 11.4 Å². The largest absolute Gasteiger partial charge is 0.364 e. The molecule has 0 radical (unpaired) electrons. The van der Waals surface area contributed by atoms with Gasteiger partial charge in [0.2, 0.25) is 0 Å². The maximum atomic E-state index is 10.9. The first-order chi connectivity index (χ1) is 11.1. The molecule has 3 aromatic heterocycles. The van der Waals surface area contributed by atoms with Crippen molar-refractivity contribution in [2.75, 3.05) is 0 Å². The molecule has 3 rings (SSSR count). The molecule has 0 spiro atoms. The Morgan fingerprint density at radius 1 is 0.870 bits per heavy atom. The fraction of sp³-hybridized carbons (Fsp3) is 0. The molecule has 0 unspecified atom stereocenters. The number of hydrogen-bond acceptors (Lipinski definition) is 6. The number of aromatic nitrogens is 3. The van der Waals surface area contributed by atoms with Crippen LogP contribution in [0.3, 0.4) is 0 Å². The van der Waals surface area contributed by atoms with Crippen LogP contribution in [0.4, 0.5) is 0 Å². The molecule has 0 aliphatic rings. The normalized spacial score (nSPS) is 9.57. The van der Waals surface area contributed by atoms with Crippen LogP contribution in [0.5, 0.6) is 0 Å². The number of nitrogens with zero attached hydrogens (tertiary/aromatic N) is 3. The summed E-state index contributed by atoms with van der Waals surface area (Å²) in [6.45, 7) is 0. The van der Waals surface area contributed by atoms with E-state index in [2.05, 4.69) is 15.0 Å². The summed E-state index contributed by atoms with van der Waals surface area (Å²) >= 11 is 1.36. The van der Waals surface area contributed by atoms with Gasteiger partial charge in [-0.15, -0.1) is 11.3 Å². The van der Waals surface area contributed by atoms with Crippen LogP contribution in [0.1, 0.15) is 21.0 Å². The van der Waals surface area contributed by atoms with Gasteiger partial charge in [0.25, 0.3) is 11.8 Å². The summed E-state index contributed by atoms with van der Waals surface area (Å²) in [5.41, 5.74) is 13.5. The van der Waals surface area contributed by atoms with E-state index in [4.69, 9.17) is 11.5 Å². The van der Waals surface area contributed by atoms with Crippen LogP contribution in [-0.4, -0.2) is 26.8 Å². The highest BCUT2D eigenvalue weighted by Crippen LogP contribution is 2.13. The second-order valence-corrected chi connectivity index (χ2v) is 4.94. The van der Waals surface area contributed by atoms with Crippen LogP contribution in [-0.2, 0) is 0 Å². The summed E-state index contributed by atoms with van der Waals surface area (Å²) in [5.74, 6) is -1.00. The van der Waals surface area contributed by atoms with Gasteiger partial charge in [0.05, 0.1) is 16.9 Å². The minimum atomic E-state index is -0.534. The number of pyridine rings is 2. The standard InChI is InChI=1S/C11H9N3O.C4H4N2OS/c12-11(15)10-6-3-5-9(14-10)8-4-1-2-7-13-8;5-4(7)3-1-8-2-6-3/h1-7H,(H2,12,15);1-2H,(H2,5,7). The highest BCUT2D eigenvalue weighted by molar-refractivity contribution is 7.07. The zero-order chi connectivity index (χ0) is 16.7. The van der Waals surface area contributed by atoms with Gasteiger partial charge in [0.15, 0.2) is 0 Å². The first kappa shape index (κ1) is 16.2. The van der Waals surface area contributed by atoms with Gasteiger partial charge in [-0.1, -0.05) is 12.1 Å². The first-order valence-electron chi connectivity index (χ1n) is 6.44. The summed E-state index contributed by atoms with van der Waals surface area (Å²) in [6, 6.07) is 10.6. The van der Waals surface area contributed by atoms with E-state index < -0.39 is 11.8 Å². The number of rotatable bonds is 3. The van der Waals surface area contributed by atoms with Crippen molar-refractivity contribution >= 4 is 23.2 Å². The fourth-order valence-corrected chi connectivity index (χ4v) is 2.10. The lowest BCUT2D eigenvalue weighted by molar-refractivity contribution is 0.0987. The van der Waals surface area contributed by atoms with Crippen molar-refractivity contribution < 1.29 is 9.59 Å². The molecule has 0 saturated carbocycles. The molecule has 3 heterocycles. The predicted molar refractivity (Wildman–Crippen MR) is 86.6 cm³/mol. The Morgan fingerprint density at radius 3 is 2.13 bits per heavy atom. The van der Waals surface area contributed by atoms with Crippen molar-refractivity contribution in [2.24, 2.45) is 11.5 Å². The number of thiazole rings is 1. The molecule has 116 valence electrons. The Morgan fingerprint density at radius 2 is 1.61 bits per heavy atom. The fourth-order valence-electron chi connectivity index (χ4n) is 1.56. The minimum absolute atomic E-state index is 0.248. The van der Waals surface area contributed by atoms with Crippen molar-refractivity contribution in [1.29, 1.82) is 0 Å². The van der Waals surface area contributed by atoms with Crippen molar-refractivity contribution in [3.8, 4) is 11.4 Å². The zero-order valence-electron chi connectivity index (χ0n) is 11.9. The van der Waals surface area contributed by atoms with Crippen LogP contribution < -0.4 is 11.5 Å². The topological polar surface area (TPSA) is 125 Å². The molecule has 0 aliphatic heterocycles. The second kappa shape index (κ2) is 7.76. The van der Waals surface area contributed by atoms with E-state index in [0.29, 0.717) is 11.4 Å². The van der Waals surface area contributed by atoms with Gasteiger partial charge in [-0.25, -0.2) is 9.97 Å². The number of nitrogens with two attached hydrogens (primary N) is 2. The Hall–Kier alpha value is -3.13. The van der Waals surface area contributed by atoms with Crippen LogP contribution in [0, 0.1) is 0 Å². The van der Waals surface area contributed by atoms with Crippen molar-refractivity contribution in [2.45, 2.75) is 0 Å². The van der Waals surface area contributed by atoms with Crippen LogP contribution in [0.15, 0.2) is 53.5 Å². The van der Waals surface area contributed by atoms with E-state index in [1.165, 1.54) is 11.3 Å². The average Bonchev–Trinajstić information content (AvgIpc) is 3.11. The summed E-state index contributed by atoms with van der Waals surface area (Å²) < 4.78 is 0. The second-order valence-electron chi connectivity index (χ2n) is 4.23. The van der Waals surface area contributed by atoms with E-state index >= 15 is 0 Å². The number of hydrogen-bond donors (Lipinski definition) is 2. The molecule has 4 N–H and O–H groups in total. The minimum Gasteiger partial charge on any atom is -0.364 e. The molecular formula is C15H13N5O2S. The van der Waals surface area contributed by atoms with E-state index in [9.17, 15) is 9.59 Å². The molecule has 0 aliphatic carbocycles. The summed E-state index contributed by atoms with van der Waals surface area (Å²) in [6.07, 6.45) is 1.67. The maximum Gasteiger partial charge on any atom is 0.268 e. The molecule has 0 bridgehead atoms.